The number of carbonyl (C=O) groups excluding carboxylic acids is 1. The highest BCUT2D eigenvalue weighted by atomic mass is 17.2. The maximum Gasteiger partial charge on any atom is 0.377 e. The van der Waals surface area contributed by atoms with Gasteiger partial charge >= 0.3 is 5.97 Å². The first-order valence-electron chi connectivity index (χ1n) is 6.31. The van der Waals surface area contributed by atoms with Crippen LogP contribution in [0.1, 0.15) is 5.56 Å². The van der Waals surface area contributed by atoms with Gasteiger partial charge in [0.1, 0.15) is 0 Å². The van der Waals surface area contributed by atoms with Crippen LogP contribution in [-0.4, -0.2) is 27.7 Å². The average Bonchev–Trinajstić information content (AvgIpc) is 2.52. The lowest BCUT2D eigenvalue weighted by atomic mass is 10.1. The molecule has 21 heavy (non-hydrogen) atoms. The molecule has 0 aliphatic heterocycles. The van der Waals surface area contributed by atoms with Crippen LogP contribution < -0.4 is 4.89 Å². The number of nitrogens with zero attached hydrogens (tertiary/aromatic N) is 1. The van der Waals surface area contributed by atoms with E-state index in [1.807, 2.05) is 6.07 Å². The highest BCUT2D eigenvalue weighted by molar-refractivity contribution is 5.75. The number of hydroxylamine groups is 2. The minimum absolute atomic E-state index is 0.0742. The Morgan fingerprint density at radius 2 is 1.57 bits per heavy atom. The van der Waals surface area contributed by atoms with E-state index in [-0.39, 0.29) is 11.6 Å². The lowest BCUT2D eigenvalue weighted by Gasteiger charge is -2.18. The number of hydrogen-bond acceptors (Lipinski definition) is 6. The molecule has 0 bridgehead atoms. The van der Waals surface area contributed by atoms with E-state index >= 15 is 0 Å². The third kappa shape index (κ3) is 4.57. The predicted octanol–water partition coefficient (Wildman–Crippen LogP) is 2.22. The molecule has 1 atom stereocenters. The van der Waals surface area contributed by atoms with Crippen LogP contribution in [0.3, 0.4) is 0 Å². The molecule has 0 fully saturated rings. The second kappa shape index (κ2) is 7.39. The zero-order valence-corrected chi connectivity index (χ0v) is 11.1. The quantitative estimate of drug-likeness (QED) is 0.627. The Bertz CT molecular complexity index is 559. The van der Waals surface area contributed by atoms with Gasteiger partial charge in [-0.15, -0.1) is 0 Å². The lowest BCUT2D eigenvalue weighted by Crippen LogP contribution is -2.40. The van der Waals surface area contributed by atoms with Crippen LogP contribution in [0.15, 0.2) is 60.7 Å². The van der Waals surface area contributed by atoms with Crippen LogP contribution in [0.5, 0.6) is 5.75 Å². The molecule has 0 aromatic heterocycles. The van der Waals surface area contributed by atoms with Crippen molar-refractivity contribution in [2.24, 2.45) is 0 Å². The molecule has 2 rings (SSSR count). The Hall–Kier alpha value is -2.41. The molecule has 0 spiro atoms. The summed E-state index contributed by atoms with van der Waals surface area (Å²) in [6.07, 6.45) is 0.0742. The van der Waals surface area contributed by atoms with Gasteiger partial charge in [-0.2, -0.15) is 0 Å². The Morgan fingerprint density at radius 1 is 1.00 bits per heavy atom. The molecular formula is C15H15NO5. The van der Waals surface area contributed by atoms with Gasteiger partial charge in [0.05, 0.1) is 0 Å². The summed E-state index contributed by atoms with van der Waals surface area (Å²) in [4.78, 5) is 21.3. The van der Waals surface area contributed by atoms with Gasteiger partial charge in [0.2, 0.25) is 0 Å². The van der Waals surface area contributed by atoms with Gasteiger partial charge in [-0.3, -0.25) is 15.3 Å². The molecule has 0 amide bonds. The first-order chi connectivity index (χ1) is 10.2. The first kappa shape index (κ1) is 15.0. The molecule has 0 unspecified atom stereocenters. The van der Waals surface area contributed by atoms with Gasteiger partial charge in [-0.05, 0) is 17.7 Å². The van der Waals surface area contributed by atoms with Gasteiger partial charge < -0.3 is 0 Å². The summed E-state index contributed by atoms with van der Waals surface area (Å²) in [5.41, 5.74) is 0.757. The second-order valence-corrected chi connectivity index (χ2v) is 4.32. The minimum Gasteiger partial charge on any atom is -0.289 e. The van der Waals surface area contributed by atoms with Crippen molar-refractivity contribution in [3.8, 4) is 5.75 Å². The van der Waals surface area contributed by atoms with E-state index in [1.165, 1.54) is 0 Å². The van der Waals surface area contributed by atoms with E-state index in [0.29, 0.717) is 5.75 Å². The molecule has 2 aromatic carbocycles. The van der Waals surface area contributed by atoms with E-state index in [4.69, 9.17) is 4.89 Å². The molecule has 2 N–H and O–H groups in total. The van der Waals surface area contributed by atoms with Crippen LogP contribution in [0, 0.1) is 0 Å². The van der Waals surface area contributed by atoms with Crippen molar-refractivity contribution in [2.45, 2.75) is 12.5 Å². The van der Waals surface area contributed by atoms with Crippen LogP contribution in [0.2, 0.25) is 0 Å². The Balaban J connectivity index is 1.96. The highest BCUT2D eigenvalue weighted by Crippen LogP contribution is 2.12. The highest BCUT2D eigenvalue weighted by Gasteiger charge is 2.27. The lowest BCUT2D eigenvalue weighted by molar-refractivity contribution is -0.334. The summed E-state index contributed by atoms with van der Waals surface area (Å²) in [5, 5.41) is 18.2. The first-order valence-corrected chi connectivity index (χ1v) is 6.31. The summed E-state index contributed by atoms with van der Waals surface area (Å²) in [7, 11) is 0. The minimum atomic E-state index is -1.28. The van der Waals surface area contributed by atoms with Gasteiger partial charge in [-0.25, -0.2) is 9.68 Å². The zero-order chi connectivity index (χ0) is 15.1. The van der Waals surface area contributed by atoms with Crippen LogP contribution in [0.4, 0.5) is 0 Å². The smallest absolute Gasteiger partial charge is 0.289 e. The summed E-state index contributed by atoms with van der Waals surface area (Å²) >= 11 is 0. The monoisotopic (exact) mass is 289 g/mol. The van der Waals surface area contributed by atoms with Crippen LogP contribution >= 0.6 is 0 Å². The maximum absolute atomic E-state index is 11.9. The molecule has 0 saturated carbocycles. The Kier molecular flexibility index (Phi) is 5.28. The molecule has 6 heteroatoms. The fourth-order valence-electron chi connectivity index (χ4n) is 1.72. The van der Waals surface area contributed by atoms with Crippen molar-refractivity contribution >= 4 is 5.97 Å². The third-order valence-electron chi connectivity index (χ3n) is 2.79. The van der Waals surface area contributed by atoms with Gasteiger partial charge in [-0.1, -0.05) is 53.8 Å². The number of para-hydroxylation sites is 1. The third-order valence-corrected chi connectivity index (χ3v) is 2.79. The SMILES string of the molecule is O=C(OOc1ccccc1)[C@H](Cc1ccccc1)N(O)O. The van der Waals surface area contributed by atoms with Crippen molar-refractivity contribution < 1.29 is 25.0 Å². The largest absolute Gasteiger partial charge is 0.377 e. The van der Waals surface area contributed by atoms with Crippen molar-refractivity contribution in [2.75, 3.05) is 0 Å². The molecule has 0 aliphatic rings. The summed E-state index contributed by atoms with van der Waals surface area (Å²) in [6, 6.07) is 16.1. The zero-order valence-electron chi connectivity index (χ0n) is 11.1. The molecule has 0 radical (unpaired) electrons. The van der Waals surface area contributed by atoms with E-state index in [9.17, 15) is 15.2 Å². The molecule has 0 heterocycles. The predicted molar refractivity (Wildman–Crippen MR) is 72.5 cm³/mol. The Labute approximate surface area is 121 Å². The normalized spacial score (nSPS) is 12.0. The van der Waals surface area contributed by atoms with Crippen molar-refractivity contribution in [3.63, 3.8) is 0 Å². The van der Waals surface area contributed by atoms with Crippen molar-refractivity contribution in [3.05, 3.63) is 66.2 Å². The molecule has 0 saturated heterocycles. The topological polar surface area (TPSA) is 79.2 Å². The van der Waals surface area contributed by atoms with E-state index < -0.39 is 12.0 Å². The van der Waals surface area contributed by atoms with Crippen LogP contribution in [-0.2, 0) is 16.1 Å². The van der Waals surface area contributed by atoms with Gasteiger partial charge in [0.25, 0.3) is 0 Å². The number of rotatable bonds is 6. The van der Waals surface area contributed by atoms with E-state index in [0.717, 1.165) is 5.56 Å². The summed E-state index contributed by atoms with van der Waals surface area (Å²) in [5.74, 6) is -0.570. The maximum atomic E-state index is 11.9. The fraction of sp³-hybridized carbons (Fsp3) is 0.133. The Morgan fingerprint density at radius 3 is 2.14 bits per heavy atom. The molecule has 6 nitrogen and oxygen atoms in total. The molecule has 0 aliphatic carbocycles. The van der Waals surface area contributed by atoms with Gasteiger partial charge in [0.15, 0.2) is 11.8 Å². The van der Waals surface area contributed by atoms with E-state index in [2.05, 4.69) is 4.89 Å². The standard InChI is InChI=1S/C15H15NO5/c17-15(21-20-13-9-5-2-6-10-13)14(16(18)19)11-12-7-3-1-4-8-12/h1-10,14,18-19H,11H2/t14-/m0/s1. The number of hydrogen-bond donors (Lipinski definition) is 2. The molecular weight excluding hydrogens is 274 g/mol. The van der Waals surface area contributed by atoms with Gasteiger partial charge in [0, 0.05) is 6.42 Å². The van der Waals surface area contributed by atoms with Crippen molar-refractivity contribution in [1.82, 2.24) is 5.23 Å². The van der Waals surface area contributed by atoms with Crippen LogP contribution in [0.25, 0.3) is 0 Å². The average molecular weight is 289 g/mol. The molecule has 2 aromatic rings. The summed E-state index contributed by atoms with van der Waals surface area (Å²) < 4.78 is 0. The second-order valence-electron chi connectivity index (χ2n) is 4.32. The summed E-state index contributed by atoms with van der Waals surface area (Å²) in [6.45, 7) is 0. The van der Waals surface area contributed by atoms with Crippen molar-refractivity contribution in [1.29, 1.82) is 0 Å². The number of carbonyl (C=O) groups is 1. The van der Waals surface area contributed by atoms with E-state index in [1.54, 1.807) is 54.6 Å². The molecule has 110 valence electrons. The number of benzene rings is 2. The fourth-order valence-corrected chi connectivity index (χ4v) is 1.72.